The van der Waals surface area contributed by atoms with Crippen LogP contribution in [0.4, 0.5) is 23.0 Å². The number of nitrogens with two attached hydrogens (primary N) is 2. The highest BCUT2D eigenvalue weighted by Crippen LogP contribution is 2.24. The molecule has 0 unspecified atom stereocenters. The molecule has 0 aliphatic rings. The van der Waals surface area contributed by atoms with Crippen molar-refractivity contribution in [2.75, 3.05) is 35.2 Å². The fraction of sp³-hybridized carbons (Fsp3) is 0.182. The van der Waals surface area contributed by atoms with E-state index in [-0.39, 0.29) is 0 Å². The molecule has 0 aromatic carbocycles. The monoisotopic (exact) mass is 219 g/mol. The zero-order valence-electron chi connectivity index (χ0n) is 9.16. The largest absolute Gasteiger partial charge is 0.396 e. The molecule has 1 aromatic heterocycles. The van der Waals surface area contributed by atoms with Crippen molar-refractivity contribution in [3.8, 4) is 0 Å². The van der Waals surface area contributed by atoms with Crippen LogP contribution >= 0.6 is 0 Å². The van der Waals surface area contributed by atoms with E-state index >= 15 is 0 Å². The number of nitrogens with zero attached hydrogens (tertiary/aromatic N) is 1. The van der Waals surface area contributed by atoms with Gasteiger partial charge in [-0.1, -0.05) is 12.2 Å². The molecule has 1 rings (SSSR count). The Hall–Kier alpha value is -2.17. The molecule has 0 saturated carbocycles. The number of nitrogen functional groups attached to an aromatic ring is 2. The molecule has 0 bridgehead atoms. The molecule has 86 valence electrons. The molecule has 0 atom stereocenters. The molecule has 0 fully saturated rings. The molecule has 1 heterocycles. The lowest BCUT2D eigenvalue weighted by molar-refractivity contribution is 1.20. The van der Waals surface area contributed by atoms with E-state index < -0.39 is 0 Å². The third kappa shape index (κ3) is 2.91. The molecular formula is C11H17N5. The fourth-order valence-electron chi connectivity index (χ4n) is 1.17. The summed E-state index contributed by atoms with van der Waals surface area (Å²) in [7, 11) is 0. The number of anilines is 4. The predicted molar refractivity (Wildman–Crippen MR) is 70.4 cm³/mol. The van der Waals surface area contributed by atoms with E-state index in [1.54, 1.807) is 18.2 Å². The maximum absolute atomic E-state index is 5.77. The minimum atomic E-state index is 0.517. The van der Waals surface area contributed by atoms with Gasteiger partial charge in [-0.25, -0.2) is 4.98 Å². The van der Waals surface area contributed by atoms with Gasteiger partial charge in [-0.15, -0.1) is 13.2 Å². The van der Waals surface area contributed by atoms with Crippen LogP contribution in [0.25, 0.3) is 0 Å². The van der Waals surface area contributed by atoms with E-state index in [0.717, 1.165) is 0 Å². The van der Waals surface area contributed by atoms with Crippen molar-refractivity contribution in [3.63, 3.8) is 0 Å². The molecule has 0 aliphatic carbocycles. The van der Waals surface area contributed by atoms with Gasteiger partial charge in [0, 0.05) is 13.1 Å². The van der Waals surface area contributed by atoms with Gasteiger partial charge >= 0.3 is 0 Å². The van der Waals surface area contributed by atoms with E-state index in [4.69, 9.17) is 11.5 Å². The Bertz CT molecular complexity index is 353. The average molecular weight is 219 g/mol. The van der Waals surface area contributed by atoms with Crippen LogP contribution in [0.1, 0.15) is 0 Å². The fourth-order valence-corrected chi connectivity index (χ4v) is 1.17. The summed E-state index contributed by atoms with van der Waals surface area (Å²) < 4.78 is 0. The van der Waals surface area contributed by atoms with Gasteiger partial charge in [0.1, 0.15) is 0 Å². The van der Waals surface area contributed by atoms with Crippen LogP contribution in [0.15, 0.2) is 31.4 Å². The molecular weight excluding hydrogens is 202 g/mol. The van der Waals surface area contributed by atoms with Gasteiger partial charge in [0.25, 0.3) is 0 Å². The smallest absolute Gasteiger partial charge is 0.152 e. The summed E-state index contributed by atoms with van der Waals surface area (Å²) in [6.07, 6.45) is 3.46. The lowest BCUT2D eigenvalue weighted by Crippen LogP contribution is -2.09. The summed E-state index contributed by atoms with van der Waals surface area (Å²) in [6.45, 7) is 8.42. The second-order valence-corrected chi connectivity index (χ2v) is 3.20. The van der Waals surface area contributed by atoms with Gasteiger partial charge in [0.15, 0.2) is 11.6 Å². The van der Waals surface area contributed by atoms with Crippen LogP contribution in [-0.4, -0.2) is 18.1 Å². The predicted octanol–water partition coefficient (Wildman–Crippen LogP) is 1.44. The van der Waals surface area contributed by atoms with Crippen LogP contribution in [0.5, 0.6) is 0 Å². The molecule has 0 spiro atoms. The summed E-state index contributed by atoms with van der Waals surface area (Å²) in [4.78, 5) is 4.28. The zero-order valence-corrected chi connectivity index (χ0v) is 9.16. The first-order valence-electron chi connectivity index (χ1n) is 4.94. The second-order valence-electron chi connectivity index (χ2n) is 3.20. The minimum Gasteiger partial charge on any atom is -0.396 e. The molecule has 0 saturated heterocycles. The van der Waals surface area contributed by atoms with Gasteiger partial charge in [-0.2, -0.15) is 0 Å². The Morgan fingerprint density at radius 3 is 1.88 bits per heavy atom. The van der Waals surface area contributed by atoms with E-state index in [0.29, 0.717) is 36.1 Å². The molecule has 0 aliphatic heterocycles. The normalized spacial score (nSPS) is 9.50. The van der Waals surface area contributed by atoms with Crippen molar-refractivity contribution in [1.29, 1.82) is 0 Å². The van der Waals surface area contributed by atoms with Crippen LogP contribution < -0.4 is 22.1 Å². The van der Waals surface area contributed by atoms with E-state index in [2.05, 4.69) is 28.8 Å². The van der Waals surface area contributed by atoms with Crippen LogP contribution in [0.3, 0.4) is 0 Å². The molecule has 6 N–H and O–H groups in total. The van der Waals surface area contributed by atoms with Crippen molar-refractivity contribution < 1.29 is 0 Å². The first kappa shape index (κ1) is 11.9. The molecule has 5 heteroatoms. The topological polar surface area (TPSA) is 89.0 Å². The van der Waals surface area contributed by atoms with Gasteiger partial charge in [-0.05, 0) is 6.07 Å². The summed E-state index contributed by atoms with van der Waals surface area (Å²) >= 11 is 0. The lowest BCUT2D eigenvalue weighted by Gasteiger charge is -2.12. The van der Waals surface area contributed by atoms with Crippen molar-refractivity contribution in [3.05, 3.63) is 31.4 Å². The minimum absolute atomic E-state index is 0.517. The van der Waals surface area contributed by atoms with Gasteiger partial charge < -0.3 is 22.1 Å². The Morgan fingerprint density at radius 1 is 1.06 bits per heavy atom. The number of pyridine rings is 1. The molecule has 1 aromatic rings. The van der Waals surface area contributed by atoms with Gasteiger partial charge in [0.05, 0.1) is 11.4 Å². The van der Waals surface area contributed by atoms with E-state index in [1.807, 2.05) is 0 Å². The van der Waals surface area contributed by atoms with Gasteiger partial charge in [-0.3, -0.25) is 0 Å². The second kappa shape index (κ2) is 5.65. The average Bonchev–Trinajstić information content (AvgIpc) is 2.26. The lowest BCUT2D eigenvalue weighted by atomic mass is 10.3. The highest BCUT2D eigenvalue weighted by atomic mass is 15.1. The Labute approximate surface area is 95.2 Å². The van der Waals surface area contributed by atoms with Crippen molar-refractivity contribution in [1.82, 2.24) is 4.98 Å². The number of rotatable bonds is 6. The first-order chi connectivity index (χ1) is 7.69. The van der Waals surface area contributed by atoms with E-state index in [9.17, 15) is 0 Å². The number of aromatic nitrogens is 1. The molecule has 0 amide bonds. The first-order valence-corrected chi connectivity index (χ1v) is 4.94. The van der Waals surface area contributed by atoms with Crippen molar-refractivity contribution in [2.24, 2.45) is 0 Å². The highest BCUT2D eigenvalue weighted by molar-refractivity contribution is 5.74. The number of hydrogen-bond acceptors (Lipinski definition) is 5. The SMILES string of the molecule is C=CCNc1nc(NCC=C)c(N)cc1N. The summed E-state index contributed by atoms with van der Waals surface area (Å²) in [5.74, 6) is 1.20. The standard InChI is InChI=1S/C11H17N5/c1-3-5-14-10-8(12)7-9(13)11(16-10)15-6-4-2/h3-4,7H,1-2,5-6,12-13H2,(H2,14,15,16). The number of hydrogen-bond donors (Lipinski definition) is 4. The third-order valence-corrected chi connectivity index (χ3v) is 1.91. The van der Waals surface area contributed by atoms with Crippen LogP contribution in [0.2, 0.25) is 0 Å². The van der Waals surface area contributed by atoms with Crippen molar-refractivity contribution in [2.45, 2.75) is 0 Å². The third-order valence-electron chi connectivity index (χ3n) is 1.91. The molecule has 5 nitrogen and oxygen atoms in total. The Kier molecular flexibility index (Phi) is 4.20. The molecule has 16 heavy (non-hydrogen) atoms. The summed E-state index contributed by atoms with van der Waals surface area (Å²) in [5.41, 5.74) is 12.6. The maximum atomic E-state index is 5.77. The Morgan fingerprint density at radius 2 is 1.50 bits per heavy atom. The van der Waals surface area contributed by atoms with Crippen LogP contribution in [-0.2, 0) is 0 Å². The van der Waals surface area contributed by atoms with Gasteiger partial charge in [0.2, 0.25) is 0 Å². The zero-order chi connectivity index (χ0) is 12.0. The molecule has 0 radical (unpaired) electrons. The summed E-state index contributed by atoms with van der Waals surface area (Å²) in [6, 6.07) is 1.67. The summed E-state index contributed by atoms with van der Waals surface area (Å²) in [5, 5.41) is 6.06. The quantitative estimate of drug-likeness (QED) is 0.544. The highest BCUT2D eigenvalue weighted by Gasteiger charge is 2.06. The Balaban J connectivity index is 2.91. The van der Waals surface area contributed by atoms with E-state index in [1.165, 1.54) is 0 Å². The van der Waals surface area contributed by atoms with Crippen LogP contribution in [0, 0.1) is 0 Å². The van der Waals surface area contributed by atoms with Crippen molar-refractivity contribution >= 4 is 23.0 Å². The maximum Gasteiger partial charge on any atom is 0.152 e. The number of nitrogens with one attached hydrogen (secondary N) is 2.